The van der Waals surface area contributed by atoms with Crippen molar-refractivity contribution in [1.82, 2.24) is 14.9 Å². The van der Waals surface area contributed by atoms with Crippen LogP contribution in [0.1, 0.15) is 52.9 Å². The Balaban J connectivity index is 1.28. The Kier molecular flexibility index (Phi) is 10.1. The maximum Gasteiger partial charge on any atom is 0.339 e. The van der Waals surface area contributed by atoms with E-state index < -0.39 is 5.97 Å². The molecule has 0 bridgehead atoms. The number of ether oxygens (including phenoxy) is 2. The number of anilines is 1. The molecule has 10 heteroatoms. The van der Waals surface area contributed by atoms with E-state index in [2.05, 4.69) is 9.88 Å². The topological polar surface area (TPSA) is 131 Å². The number of amides is 1. The van der Waals surface area contributed by atoms with Gasteiger partial charge in [-0.25, -0.2) is 14.8 Å². The van der Waals surface area contributed by atoms with E-state index in [1.165, 1.54) is 6.20 Å². The van der Waals surface area contributed by atoms with E-state index in [9.17, 15) is 14.7 Å². The summed E-state index contributed by atoms with van der Waals surface area (Å²) in [5.41, 5.74) is 8.11. The van der Waals surface area contributed by atoms with Crippen molar-refractivity contribution in [3.8, 4) is 11.5 Å². The molecule has 10 nitrogen and oxygen atoms in total. The van der Waals surface area contributed by atoms with Gasteiger partial charge in [-0.15, -0.1) is 0 Å². The van der Waals surface area contributed by atoms with E-state index in [0.29, 0.717) is 56.5 Å². The lowest BCUT2D eigenvalue weighted by Crippen LogP contribution is -2.45. The monoisotopic (exact) mass is 587 g/mol. The van der Waals surface area contributed by atoms with Crippen LogP contribution >= 0.6 is 0 Å². The lowest BCUT2D eigenvalue weighted by Gasteiger charge is -2.30. The van der Waals surface area contributed by atoms with Crippen LogP contribution < -0.4 is 20.1 Å². The van der Waals surface area contributed by atoms with Crippen LogP contribution in [-0.4, -0.2) is 77.8 Å². The zero-order valence-electron chi connectivity index (χ0n) is 24.8. The quantitative estimate of drug-likeness (QED) is 0.304. The third-order valence-electron chi connectivity index (χ3n) is 8.44. The molecule has 228 valence electrons. The third kappa shape index (κ3) is 7.43. The van der Waals surface area contributed by atoms with Crippen LogP contribution in [0.2, 0.25) is 0 Å². The molecule has 1 amide bonds. The Bertz CT molecular complexity index is 1400. The molecule has 2 aliphatic rings. The summed E-state index contributed by atoms with van der Waals surface area (Å²) in [7, 11) is 1.63. The second-order valence-electron chi connectivity index (χ2n) is 11.3. The molecule has 0 saturated carbocycles. The number of benzene rings is 2. The highest BCUT2D eigenvalue weighted by molar-refractivity contribution is 5.88. The Morgan fingerprint density at radius 3 is 2.65 bits per heavy atom. The summed E-state index contributed by atoms with van der Waals surface area (Å²) in [4.78, 5) is 39.0. The first-order valence-corrected chi connectivity index (χ1v) is 15.1. The van der Waals surface area contributed by atoms with Crippen LogP contribution in [0.3, 0.4) is 0 Å². The molecule has 5 rings (SSSR count). The van der Waals surface area contributed by atoms with Crippen molar-refractivity contribution in [2.75, 3.05) is 44.8 Å². The van der Waals surface area contributed by atoms with Crippen LogP contribution in [0.25, 0.3) is 0 Å². The average Bonchev–Trinajstić information content (AvgIpc) is 3.34. The van der Waals surface area contributed by atoms with Crippen LogP contribution in [0.4, 0.5) is 5.95 Å². The molecule has 0 aliphatic carbocycles. The zero-order chi connectivity index (χ0) is 30.2. The molecule has 2 aliphatic heterocycles. The number of likely N-dealkylation sites (tertiary alicyclic amines) is 1. The number of nitrogens with zero attached hydrogens (tertiary/aromatic N) is 4. The first-order valence-electron chi connectivity index (χ1n) is 15.1. The minimum absolute atomic E-state index is 0.0569. The largest absolute Gasteiger partial charge is 0.496 e. The van der Waals surface area contributed by atoms with Crippen LogP contribution in [-0.2, 0) is 24.1 Å². The number of carbonyl (C=O) groups excluding carboxylic acids is 1. The molecule has 43 heavy (non-hydrogen) atoms. The van der Waals surface area contributed by atoms with Crippen molar-refractivity contribution in [1.29, 1.82) is 0 Å². The lowest BCUT2D eigenvalue weighted by molar-refractivity contribution is -0.132. The van der Waals surface area contributed by atoms with Crippen molar-refractivity contribution in [3.05, 3.63) is 77.1 Å². The number of rotatable bonds is 12. The zero-order valence-corrected chi connectivity index (χ0v) is 24.8. The fourth-order valence-corrected chi connectivity index (χ4v) is 6.15. The van der Waals surface area contributed by atoms with E-state index in [4.69, 9.17) is 20.2 Å². The maximum atomic E-state index is 13.6. The fourth-order valence-electron chi connectivity index (χ4n) is 6.15. The molecule has 2 atom stereocenters. The number of para-hydroxylation sites is 1. The van der Waals surface area contributed by atoms with Crippen molar-refractivity contribution < 1.29 is 24.2 Å². The van der Waals surface area contributed by atoms with Gasteiger partial charge in [0.25, 0.3) is 0 Å². The third-order valence-corrected chi connectivity index (χ3v) is 8.44. The van der Waals surface area contributed by atoms with Crippen LogP contribution in [0, 0.1) is 5.92 Å². The summed E-state index contributed by atoms with van der Waals surface area (Å²) in [5.74, 6) is 1.40. The number of nitrogens with two attached hydrogens (primary N) is 1. The van der Waals surface area contributed by atoms with E-state index in [0.717, 1.165) is 61.4 Å². The summed E-state index contributed by atoms with van der Waals surface area (Å²) < 4.78 is 11.2. The number of aromatic nitrogens is 2. The Labute approximate surface area is 252 Å². The molecule has 0 radical (unpaired) electrons. The number of aryl methyl sites for hydroxylation is 2. The summed E-state index contributed by atoms with van der Waals surface area (Å²) >= 11 is 0. The van der Waals surface area contributed by atoms with Gasteiger partial charge >= 0.3 is 5.97 Å². The summed E-state index contributed by atoms with van der Waals surface area (Å²) in [5, 5.41) is 9.84. The molecule has 3 aromatic rings. The normalized spacial score (nSPS) is 18.2. The summed E-state index contributed by atoms with van der Waals surface area (Å²) in [6.45, 7) is 3.25. The number of carboxylic acids is 1. The summed E-state index contributed by atoms with van der Waals surface area (Å²) in [6, 6.07) is 15.5. The predicted molar refractivity (Wildman–Crippen MR) is 164 cm³/mol. The van der Waals surface area contributed by atoms with Gasteiger partial charge in [0.1, 0.15) is 11.5 Å². The Hall–Kier alpha value is -4.18. The average molecular weight is 588 g/mol. The molecular weight excluding hydrogens is 546 g/mol. The second-order valence-corrected chi connectivity index (χ2v) is 11.3. The SMILES string of the molecule is COc1ccccc1CC(=O)N1CCCCC2CN(c3ncc(C(=O)O)c(CCc4ccc(OCCCN)cc4)n3)CC21. The van der Waals surface area contributed by atoms with E-state index in [-0.39, 0.29) is 17.5 Å². The van der Waals surface area contributed by atoms with Gasteiger partial charge in [-0.3, -0.25) is 4.79 Å². The number of fused-ring (bicyclic) bond motifs is 1. The number of aromatic carboxylic acids is 1. The molecule has 0 spiro atoms. The van der Waals surface area contributed by atoms with Crippen molar-refractivity contribution in [2.24, 2.45) is 11.7 Å². The van der Waals surface area contributed by atoms with Gasteiger partial charge in [0, 0.05) is 31.4 Å². The molecule has 1 aromatic heterocycles. The first kappa shape index (κ1) is 30.3. The van der Waals surface area contributed by atoms with Gasteiger partial charge < -0.3 is 30.1 Å². The smallest absolute Gasteiger partial charge is 0.339 e. The van der Waals surface area contributed by atoms with E-state index in [1.54, 1.807) is 7.11 Å². The van der Waals surface area contributed by atoms with Gasteiger partial charge in [-0.05, 0) is 68.3 Å². The number of hydrogen-bond donors (Lipinski definition) is 2. The van der Waals surface area contributed by atoms with Crippen LogP contribution in [0.5, 0.6) is 11.5 Å². The standard InChI is InChI=1S/C33H41N5O5/c1-42-30-9-3-2-7-24(30)19-31(39)38-17-5-4-8-25-21-37(22-29(25)38)33-35-20-27(32(40)41)28(36-33)15-12-23-10-13-26(14-11-23)43-18-6-16-34/h2-3,7,9-11,13-14,20,25,29H,4-6,8,12,15-19,21-22,34H2,1H3,(H,40,41). The maximum absolute atomic E-state index is 13.6. The van der Waals surface area contributed by atoms with Crippen molar-refractivity contribution in [2.45, 2.75) is 51.0 Å². The number of methoxy groups -OCH3 is 1. The number of carboxylic acid groups (broad SMARTS) is 1. The van der Waals surface area contributed by atoms with Crippen LogP contribution in [0.15, 0.2) is 54.7 Å². The molecule has 2 fully saturated rings. The molecule has 2 unspecified atom stereocenters. The Morgan fingerprint density at radius 2 is 1.88 bits per heavy atom. The van der Waals surface area contributed by atoms with E-state index in [1.807, 2.05) is 53.4 Å². The molecule has 2 saturated heterocycles. The Morgan fingerprint density at radius 1 is 1.07 bits per heavy atom. The van der Waals surface area contributed by atoms with Gasteiger partial charge in [0.05, 0.1) is 37.4 Å². The molecule has 2 aromatic carbocycles. The minimum Gasteiger partial charge on any atom is -0.496 e. The fraction of sp³-hybridized carbons (Fsp3) is 0.455. The van der Waals surface area contributed by atoms with Gasteiger partial charge in [-0.1, -0.05) is 36.8 Å². The number of carbonyl (C=O) groups is 2. The number of hydrogen-bond acceptors (Lipinski definition) is 8. The van der Waals surface area contributed by atoms with Crippen molar-refractivity contribution in [3.63, 3.8) is 0 Å². The highest BCUT2D eigenvalue weighted by Gasteiger charge is 2.40. The van der Waals surface area contributed by atoms with Gasteiger partial charge in [0.15, 0.2) is 0 Å². The highest BCUT2D eigenvalue weighted by atomic mass is 16.5. The van der Waals surface area contributed by atoms with Gasteiger partial charge in [-0.2, -0.15) is 0 Å². The lowest BCUT2D eigenvalue weighted by atomic mass is 9.98. The highest BCUT2D eigenvalue weighted by Crippen LogP contribution is 2.33. The van der Waals surface area contributed by atoms with Gasteiger partial charge in [0.2, 0.25) is 11.9 Å². The predicted octanol–water partition coefficient (Wildman–Crippen LogP) is 3.76. The second kappa shape index (κ2) is 14.3. The van der Waals surface area contributed by atoms with E-state index >= 15 is 0 Å². The summed E-state index contributed by atoms with van der Waals surface area (Å²) in [6.07, 6.45) is 6.70. The molecular formula is C33H41N5O5. The molecule has 3 N–H and O–H groups in total. The molecule has 3 heterocycles. The van der Waals surface area contributed by atoms with Crippen molar-refractivity contribution >= 4 is 17.8 Å². The minimum atomic E-state index is -1.04. The first-order chi connectivity index (χ1) is 21.0.